The second kappa shape index (κ2) is 5.27. The number of hydrogen-bond donors (Lipinski definition) is 0. The molecule has 0 spiro atoms. The van der Waals surface area contributed by atoms with Crippen LogP contribution in [0.4, 0.5) is 4.39 Å². The Balaban J connectivity index is 2.07. The SMILES string of the molecule is CCn1ncnc1COc1cc(F)cc(Br)c1. The summed E-state index contributed by atoms with van der Waals surface area (Å²) < 4.78 is 20.9. The molecule has 0 fully saturated rings. The van der Waals surface area contributed by atoms with Crippen LogP contribution in [-0.4, -0.2) is 14.8 Å². The molecule has 17 heavy (non-hydrogen) atoms. The minimum Gasteiger partial charge on any atom is -0.485 e. The van der Waals surface area contributed by atoms with Gasteiger partial charge in [-0.2, -0.15) is 5.10 Å². The van der Waals surface area contributed by atoms with Gasteiger partial charge >= 0.3 is 0 Å². The van der Waals surface area contributed by atoms with Gasteiger partial charge in [-0.05, 0) is 19.1 Å². The third kappa shape index (κ3) is 3.03. The average molecular weight is 300 g/mol. The average Bonchev–Trinajstić information content (AvgIpc) is 2.72. The van der Waals surface area contributed by atoms with E-state index < -0.39 is 0 Å². The highest BCUT2D eigenvalue weighted by atomic mass is 79.9. The van der Waals surface area contributed by atoms with Gasteiger partial charge in [-0.3, -0.25) is 0 Å². The molecule has 0 aliphatic heterocycles. The van der Waals surface area contributed by atoms with Crippen molar-refractivity contribution in [2.24, 2.45) is 0 Å². The molecule has 1 heterocycles. The first kappa shape index (κ1) is 12.0. The van der Waals surface area contributed by atoms with E-state index in [-0.39, 0.29) is 12.4 Å². The zero-order valence-corrected chi connectivity index (χ0v) is 10.8. The van der Waals surface area contributed by atoms with E-state index in [1.54, 1.807) is 10.7 Å². The molecule has 2 aromatic rings. The molecular formula is C11H11BrFN3O. The Morgan fingerprint density at radius 3 is 2.94 bits per heavy atom. The third-order valence-electron chi connectivity index (χ3n) is 2.20. The van der Waals surface area contributed by atoms with E-state index >= 15 is 0 Å². The normalized spacial score (nSPS) is 10.5. The fourth-order valence-corrected chi connectivity index (χ4v) is 1.87. The molecule has 0 unspecified atom stereocenters. The van der Waals surface area contributed by atoms with Crippen molar-refractivity contribution in [3.63, 3.8) is 0 Å². The molecule has 1 aromatic carbocycles. The van der Waals surface area contributed by atoms with Gasteiger partial charge in [0.2, 0.25) is 0 Å². The smallest absolute Gasteiger partial charge is 0.164 e. The second-order valence-electron chi connectivity index (χ2n) is 3.39. The van der Waals surface area contributed by atoms with Crippen LogP contribution in [0.15, 0.2) is 29.0 Å². The summed E-state index contributed by atoms with van der Waals surface area (Å²) in [6, 6.07) is 4.41. The number of benzene rings is 1. The standard InChI is InChI=1S/C11H11BrFN3O/c1-2-16-11(14-7-15-16)6-17-10-4-8(12)3-9(13)5-10/h3-5,7H,2,6H2,1H3. The quantitative estimate of drug-likeness (QED) is 0.871. The van der Waals surface area contributed by atoms with Gasteiger partial charge < -0.3 is 4.74 Å². The molecule has 6 heteroatoms. The molecule has 0 radical (unpaired) electrons. The Hall–Kier alpha value is -1.43. The summed E-state index contributed by atoms with van der Waals surface area (Å²) in [4.78, 5) is 4.07. The number of rotatable bonds is 4. The van der Waals surface area contributed by atoms with Crippen molar-refractivity contribution in [3.05, 3.63) is 40.6 Å². The van der Waals surface area contributed by atoms with Crippen molar-refractivity contribution in [2.75, 3.05) is 0 Å². The number of aryl methyl sites for hydroxylation is 1. The van der Waals surface area contributed by atoms with Crippen LogP contribution < -0.4 is 4.74 Å². The Labute approximate surface area is 107 Å². The number of hydrogen-bond acceptors (Lipinski definition) is 3. The fraction of sp³-hybridized carbons (Fsp3) is 0.273. The molecule has 2 rings (SSSR count). The first-order valence-corrected chi connectivity index (χ1v) is 5.94. The van der Waals surface area contributed by atoms with Crippen molar-refractivity contribution < 1.29 is 9.13 Å². The topological polar surface area (TPSA) is 39.9 Å². The molecule has 0 bridgehead atoms. The van der Waals surface area contributed by atoms with Crippen LogP contribution in [0.1, 0.15) is 12.7 Å². The number of halogens is 2. The van der Waals surface area contributed by atoms with Crippen molar-refractivity contribution in [3.8, 4) is 5.75 Å². The highest BCUT2D eigenvalue weighted by Gasteiger charge is 2.05. The van der Waals surface area contributed by atoms with Crippen LogP contribution in [0, 0.1) is 5.82 Å². The summed E-state index contributed by atoms with van der Waals surface area (Å²) in [6.45, 7) is 2.96. The summed E-state index contributed by atoms with van der Waals surface area (Å²) in [5.41, 5.74) is 0. The van der Waals surface area contributed by atoms with Gasteiger partial charge in [-0.1, -0.05) is 15.9 Å². The third-order valence-corrected chi connectivity index (χ3v) is 2.66. The van der Waals surface area contributed by atoms with Crippen LogP contribution in [0.25, 0.3) is 0 Å². The minimum atomic E-state index is -0.341. The van der Waals surface area contributed by atoms with E-state index in [4.69, 9.17) is 4.74 Å². The van der Waals surface area contributed by atoms with E-state index in [9.17, 15) is 4.39 Å². The van der Waals surface area contributed by atoms with E-state index in [0.717, 1.165) is 6.54 Å². The molecule has 0 saturated carbocycles. The highest BCUT2D eigenvalue weighted by Crippen LogP contribution is 2.21. The van der Waals surface area contributed by atoms with Crippen LogP contribution >= 0.6 is 15.9 Å². The molecule has 90 valence electrons. The summed E-state index contributed by atoms with van der Waals surface area (Å²) in [6.07, 6.45) is 1.48. The summed E-state index contributed by atoms with van der Waals surface area (Å²) >= 11 is 3.21. The van der Waals surface area contributed by atoms with E-state index in [1.165, 1.54) is 18.5 Å². The Kier molecular flexibility index (Phi) is 3.73. The summed E-state index contributed by atoms with van der Waals surface area (Å²) in [7, 11) is 0. The summed E-state index contributed by atoms with van der Waals surface area (Å²) in [5.74, 6) is 0.835. The van der Waals surface area contributed by atoms with Crippen LogP contribution in [-0.2, 0) is 13.2 Å². The van der Waals surface area contributed by atoms with E-state index in [0.29, 0.717) is 16.0 Å². The summed E-state index contributed by atoms with van der Waals surface area (Å²) in [5, 5.41) is 4.02. The van der Waals surface area contributed by atoms with E-state index in [1.807, 2.05) is 6.92 Å². The molecule has 4 nitrogen and oxygen atoms in total. The first-order valence-electron chi connectivity index (χ1n) is 5.14. The van der Waals surface area contributed by atoms with Crippen LogP contribution in [0.3, 0.4) is 0 Å². The molecule has 0 atom stereocenters. The minimum absolute atomic E-state index is 0.268. The molecular weight excluding hydrogens is 289 g/mol. The monoisotopic (exact) mass is 299 g/mol. The zero-order chi connectivity index (χ0) is 12.3. The number of ether oxygens (including phenoxy) is 1. The van der Waals surface area contributed by atoms with Crippen LogP contribution in [0.2, 0.25) is 0 Å². The van der Waals surface area contributed by atoms with Gasteiger partial charge in [0.25, 0.3) is 0 Å². The lowest BCUT2D eigenvalue weighted by molar-refractivity contribution is 0.285. The van der Waals surface area contributed by atoms with Gasteiger partial charge in [0.05, 0.1) is 0 Å². The van der Waals surface area contributed by atoms with Crippen molar-refractivity contribution >= 4 is 15.9 Å². The lowest BCUT2D eigenvalue weighted by atomic mass is 10.3. The van der Waals surface area contributed by atoms with Crippen LogP contribution in [0.5, 0.6) is 5.75 Å². The van der Waals surface area contributed by atoms with Gasteiger partial charge in [0, 0.05) is 17.1 Å². The molecule has 1 aromatic heterocycles. The van der Waals surface area contributed by atoms with Gasteiger partial charge in [0.1, 0.15) is 24.5 Å². The molecule has 0 aliphatic carbocycles. The molecule has 0 saturated heterocycles. The molecule has 0 amide bonds. The lowest BCUT2D eigenvalue weighted by Crippen LogP contribution is -2.07. The fourth-order valence-electron chi connectivity index (χ4n) is 1.42. The van der Waals surface area contributed by atoms with Crippen molar-refractivity contribution in [1.29, 1.82) is 0 Å². The maximum atomic E-state index is 13.1. The van der Waals surface area contributed by atoms with Crippen molar-refractivity contribution in [2.45, 2.75) is 20.1 Å². The lowest BCUT2D eigenvalue weighted by Gasteiger charge is -2.07. The highest BCUT2D eigenvalue weighted by molar-refractivity contribution is 9.10. The Morgan fingerprint density at radius 1 is 1.41 bits per heavy atom. The Bertz CT molecular complexity index is 495. The predicted molar refractivity (Wildman–Crippen MR) is 64.1 cm³/mol. The number of nitrogens with zero attached hydrogens (tertiary/aromatic N) is 3. The van der Waals surface area contributed by atoms with Gasteiger partial charge in [0.15, 0.2) is 5.82 Å². The zero-order valence-electron chi connectivity index (χ0n) is 9.23. The maximum absolute atomic E-state index is 13.1. The molecule has 0 aliphatic rings. The predicted octanol–water partition coefficient (Wildman–Crippen LogP) is 2.78. The molecule has 0 N–H and O–H groups in total. The van der Waals surface area contributed by atoms with Gasteiger partial charge in [-0.25, -0.2) is 14.1 Å². The second-order valence-corrected chi connectivity index (χ2v) is 4.30. The maximum Gasteiger partial charge on any atom is 0.164 e. The largest absolute Gasteiger partial charge is 0.485 e. The van der Waals surface area contributed by atoms with E-state index in [2.05, 4.69) is 26.0 Å². The Morgan fingerprint density at radius 2 is 2.24 bits per heavy atom. The van der Waals surface area contributed by atoms with Crippen molar-refractivity contribution in [1.82, 2.24) is 14.8 Å². The first-order chi connectivity index (χ1) is 8.19. The number of aromatic nitrogens is 3. The van der Waals surface area contributed by atoms with Gasteiger partial charge in [-0.15, -0.1) is 0 Å².